The first-order chi connectivity index (χ1) is 14.5. The molecule has 0 unspecified atom stereocenters. The zero-order chi connectivity index (χ0) is 21.3. The lowest BCUT2D eigenvalue weighted by Gasteiger charge is -2.11. The molecule has 150 valence electrons. The van der Waals surface area contributed by atoms with Crippen molar-refractivity contribution in [2.24, 2.45) is 5.10 Å². The number of fused-ring (bicyclic) bond motifs is 1. The van der Waals surface area contributed by atoms with E-state index in [1.165, 1.54) is 9.13 Å². The van der Waals surface area contributed by atoms with E-state index < -0.39 is 0 Å². The fraction of sp³-hybridized carbons (Fsp3) is 0.120. The first-order valence-corrected chi connectivity index (χ1v) is 10.8. The van der Waals surface area contributed by atoms with E-state index in [-0.39, 0.29) is 5.91 Å². The van der Waals surface area contributed by atoms with Crippen molar-refractivity contribution in [1.82, 2.24) is 9.99 Å². The Hall–Kier alpha value is -2.93. The van der Waals surface area contributed by atoms with E-state index in [1.54, 1.807) is 6.21 Å². The summed E-state index contributed by atoms with van der Waals surface area (Å²) in [5.41, 5.74) is 8.84. The van der Waals surface area contributed by atoms with Gasteiger partial charge in [0, 0.05) is 31.8 Å². The van der Waals surface area contributed by atoms with Gasteiger partial charge in [-0.3, -0.25) is 4.79 Å². The van der Waals surface area contributed by atoms with E-state index in [2.05, 4.69) is 82.7 Å². The van der Waals surface area contributed by atoms with Gasteiger partial charge in [0.25, 0.3) is 5.91 Å². The Bertz CT molecular complexity index is 1280. The minimum atomic E-state index is -0.217. The molecule has 5 heteroatoms. The number of nitrogens with one attached hydrogen (secondary N) is 1. The molecule has 0 saturated carbocycles. The quantitative estimate of drug-likeness (QED) is 0.208. The summed E-state index contributed by atoms with van der Waals surface area (Å²) >= 11 is 2.35. The Morgan fingerprint density at radius 3 is 2.57 bits per heavy atom. The van der Waals surface area contributed by atoms with E-state index in [1.807, 2.05) is 42.5 Å². The lowest BCUT2D eigenvalue weighted by molar-refractivity contribution is 0.0957. The van der Waals surface area contributed by atoms with E-state index in [4.69, 9.17) is 0 Å². The van der Waals surface area contributed by atoms with Gasteiger partial charge in [-0.25, -0.2) is 5.43 Å². The summed E-state index contributed by atoms with van der Waals surface area (Å²) in [5, 5.41) is 6.18. The maximum atomic E-state index is 12.7. The number of hydrazone groups is 1. The highest BCUT2D eigenvalue weighted by Crippen LogP contribution is 2.23. The maximum Gasteiger partial charge on any atom is 0.271 e. The number of carbonyl (C=O) groups is 1. The first kappa shape index (κ1) is 20.3. The summed E-state index contributed by atoms with van der Waals surface area (Å²) in [7, 11) is 0. The second kappa shape index (κ2) is 8.44. The fourth-order valence-electron chi connectivity index (χ4n) is 3.73. The molecule has 0 atom stereocenters. The van der Waals surface area contributed by atoms with Crippen LogP contribution in [0.5, 0.6) is 0 Å². The molecule has 0 aliphatic carbocycles. The Labute approximate surface area is 189 Å². The first-order valence-electron chi connectivity index (χ1n) is 9.72. The van der Waals surface area contributed by atoms with Crippen LogP contribution in [-0.4, -0.2) is 16.7 Å². The van der Waals surface area contributed by atoms with Crippen LogP contribution in [-0.2, 0) is 0 Å². The molecule has 1 aromatic heterocycles. The van der Waals surface area contributed by atoms with Crippen LogP contribution in [0, 0.1) is 24.3 Å². The highest BCUT2D eigenvalue weighted by atomic mass is 127. The molecule has 1 heterocycles. The van der Waals surface area contributed by atoms with Crippen LogP contribution in [0.3, 0.4) is 0 Å². The minimum Gasteiger partial charge on any atom is -0.318 e. The van der Waals surface area contributed by atoms with Crippen molar-refractivity contribution in [3.8, 4) is 5.69 Å². The largest absolute Gasteiger partial charge is 0.318 e. The van der Waals surface area contributed by atoms with Crippen molar-refractivity contribution in [2.75, 3.05) is 0 Å². The van der Waals surface area contributed by atoms with Crippen LogP contribution in [0.25, 0.3) is 16.5 Å². The normalized spacial score (nSPS) is 11.3. The van der Waals surface area contributed by atoms with E-state index in [9.17, 15) is 4.79 Å². The van der Waals surface area contributed by atoms with Crippen molar-refractivity contribution in [2.45, 2.75) is 20.8 Å². The SMILES string of the molecule is Cc1cc(-n2c(C)cc(/C=N/NC(=O)c3cccc4ccccc34)c2C)ccc1I. The Morgan fingerprint density at radius 1 is 1.00 bits per heavy atom. The summed E-state index contributed by atoms with van der Waals surface area (Å²) in [5.74, 6) is -0.217. The van der Waals surface area contributed by atoms with E-state index >= 15 is 0 Å². The Kier molecular flexibility index (Phi) is 5.72. The van der Waals surface area contributed by atoms with Gasteiger partial charge in [-0.15, -0.1) is 0 Å². The topological polar surface area (TPSA) is 46.4 Å². The number of benzene rings is 3. The van der Waals surface area contributed by atoms with Crippen molar-refractivity contribution >= 4 is 45.5 Å². The van der Waals surface area contributed by atoms with E-state index in [0.29, 0.717) is 5.56 Å². The van der Waals surface area contributed by atoms with Crippen LogP contribution in [0.1, 0.15) is 32.9 Å². The van der Waals surface area contributed by atoms with Crippen LogP contribution in [0.4, 0.5) is 0 Å². The molecule has 4 nitrogen and oxygen atoms in total. The third kappa shape index (κ3) is 3.89. The lowest BCUT2D eigenvalue weighted by atomic mass is 10.0. The molecule has 0 aliphatic rings. The van der Waals surface area contributed by atoms with E-state index in [0.717, 1.165) is 33.4 Å². The summed E-state index contributed by atoms with van der Waals surface area (Å²) in [6.45, 7) is 6.26. The third-order valence-electron chi connectivity index (χ3n) is 5.27. The Balaban J connectivity index is 1.57. The molecule has 4 rings (SSSR count). The molecule has 0 aliphatic heterocycles. The highest BCUT2D eigenvalue weighted by molar-refractivity contribution is 14.1. The third-order valence-corrected chi connectivity index (χ3v) is 6.48. The van der Waals surface area contributed by atoms with Crippen molar-refractivity contribution in [1.29, 1.82) is 0 Å². The number of aryl methyl sites for hydroxylation is 2. The molecule has 0 fully saturated rings. The highest BCUT2D eigenvalue weighted by Gasteiger charge is 2.11. The van der Waals surface area contributed by atoms with Crippen molar-refractivity contribution < 1.29 is 4.79 Å². The minimum absolute atomic E-state index is 0.217. The van der Waals surface area contributed by atoms with Gasteiger partial charge in [0.2, 0.25) is 0 Å². The maximum absolute atomic E-state index is 12.7. The van der Waals surface area contributed by atoms with Gasteiger partial charge in [-0.05, 0) is 90.0 Å². The summed E-state index contributed by atoms with van der Waals surface area (Å²) in [4.78, 5) is 12.7. The Morgan fingerprint density at radius 2 is 1.77 bits per heavy atom. The average molecular weight is 507 g/mol. The number of aromatic nitrogens is 1. The van der Waals surface area contributed by atoms with Crippen molar-refractivity contribution in [3.63, 3.8) is 0 Å². The summed E-state index contributed by atoms with van der Waals surface area (Å²) in [6.07, 6.45) is 1.71. The molecule has 0 bridgehead atoms. The van der Waals surface area contributed by atoms with Gasteiger partial charge in [0.1, 0.15) is 0 Å². The molecular weight excluding hydrogens is 485 g/mol. The molecule has 4 aromatic rings. The number of amides is 1. The van der Waals surface area contributed by atoms with Gasteiger partial charge in [0.15, 0.2) is 0 Å². The second-order valence-corrected chi connectivity index (χ2v) is 8.48. The zero-order valence-corrected chi connectivity index (χ0v) is 19.3. The lowest BCUT2D eigenvalue weighted by Crippen LogP contribution is -2.18. The molecule has 3 aromatic carbocycles. The smallest absolute Gasteiger partial charge is 0.271 e. The molecule has 0 saturated heterocycles. The second-order valence-electron chi connectivity index (χ2n) is 7.32. The number of carbonyl (C=O) groups excluding carboxylic acids is 1. The predicted octanol–water partition coefficient (Wildman–Crippen LogP) is 5.92. The number of halogens is 1. The van der Waals surface area contributed by atoms with Crippen LogP contribution >= 0.6 is 22.6 Å². The number of hydrogen-bond donors (Lipinski definition) is 1. The van der Waals surface area contributed by atoms with Crippen LogP contribution in [0.15, 0.2) is 71.8 Å². The molecule has 1 N–H and O–H groups in total. The molecule has 30 heavy (non-hydrogen) atoms. The standard InChI is InChI=1S/C25H22IN3O/c1-16-13-21(11-12-24(16)26)29-17(2)14-20(18(29)3)15-27-28-25(30)23-10-6-8-19-7-4-5-9-22(19)23/h4-15H,1-3H3,(H,28,30)/b27-15+. The molecule has 0 radical (unpaired) electrons. The van der Waals surface area contributed by atoms with Gasteiger partial charge < -0.3 is 4.57 Å². The number of rotatable bonds is 4. The summed E-state index contributed by atoms with van der Waals surface area (Å²) in [6, 6.07) is 22.1. The predicted molar refractivity (Wildman–Crippen MR) is 132 cm³/mol. The van der Waals surface area contributed by atoms with Gasteiger partial charge in [0.05, 0.1) is 6.21 Å². The molecule has 0 spiro atoms. The average Bonchev–Trinajstić information content (AvgIpc) is 3.02. The number of nitrogens with zero attached hydrogens (tertiary/aromatic N) is 2. The van der Waals surface area contributed by atoms with Crippen LogP contribution in [0.2, 0.25) is 0 Å². The number of hydrogen-bond acceptors (Lipinski definition) is 2. The molecule has 1 amide bonds. The fourth-order valence-corrected chi connectivity index (χ4v) is 4.06. The monoisotopic (exact) mass is 507 g/mol. The van der Waals surface area contributed by atoms with Crippen LogP contribution < -0.4 is 5.43 Å². The zero-order valence-electron chi connectivity index (χ0n) is 17.1. The van der Waals surface area contributed by atoms with Gasteiger partial charge in [-0.1, -0.05) is 36.4 Å². The van der Waals surface area contributed by atoms with Gasteiger partial charge in [-0.2, -0.15) is 5.10 Å². The summed E-state index contributed by atoms with van der Waals surface area (Å²) < 4.78 is 3.45. The van der Waals surface area contributed by atoms with Gasteiger partial charge >= 0.3 is 0 Å². The molecular formula is C25H22IN3O. The van der Waals surface area contributed by atoms with Crippen molar-refractivity contribution in [3.05, 3.63) is 98.4 Å².